The van der Waals surface area contributed by atoms with Gasteiger partial charge in [-0.05, 0) is 53.8 Å². The van der Waals surface area contributed by atoms with Gasteiger partial charge in [0.15, 0.2) is 11.5 Å². The Labute approximate surface area is 232 Å². The Morgan fingerprint density at radius 1 is 1.00 bits per heavy atom. The van der Waals surface area contributed by atoms with Crippen LogP contribution in [0.2, 0.25) is 5.02 Å². The van der Waals surface area contributed by atoms with Crippen molar-refractivity contribution < 1.29 is 28.9 Å². The minimum Gasteiger partial charge on any atom is -0.507 e. The predicted molar refractivity (Wildman–Crippen MR) is 150 cm³/mol. The fraction of sp³-hybridized carbons (Fsp3) is 0.290. The number of carbonyl (C=O) groups is 2. The first-order valence-corrected chi connectivity index (χ1v) is 13.2. The third-order valence-electron chi connectivity index (χ3n) is 6.84. The van der Waals surface area contributed by atoms with Crippen molar-refractivity contribution in [3.05, 3.63) is 87.9 Å². The van der Waals surface area contributed by atoms with Crippen molar-refractivity contribution in [1.82, 2.24) is 0 Å². The molecule has 1 unspecified atom stereocenters. The summed E-state index contributed by atoms with van der Waals surface area (Å²) in [6.45, 7) is 9.38. The monoisotopic (exact) mass is 547 g/mol. The first-order valence-electron chi connectivity index (χ1n) is 12.8. The largest absolute Gasteiger partial charge is 0.507 e. The minimum absolute atomic E-state index is 0.0612. The highest BCUT2D eigenvalue weighted by Crippen LogP contribution is 2.45. The number of aliphatic hydroxyl groups excluding tert-OH is 1. The van der Waals surface area contributed by atoms with Gasteiger partial charge in [-0.3, -0.25) is 14.5 Å². The van der Waals surface area contributed by atoms with E-state index in [1.165, 1.54) is 4.90 Å². The summed E-state index contributed by atoms with van der Waals surface area (Å²) in [5.74, 6) is -0.428. The van der Waals surface area contributed by atoms with Crippen molar-refractivity contribution in [3.8, 4) is 17.2 Å². The second kappa shape index (κ2) is 10.3. The van der Waals surface area contributed by atoms with Crippen LogP contribution in [0.4, 0.5) is 5.69 Å². The van der Waals surface area contributed by atoms with Crippen molar-refractivity contribution in [1.29, 1.82) is 0 Å². The van der Waals surface area contributed by atoms with Crippen molar-refractivity contribution in [2.24, 2.45) is 0 Å². The van der Waals surface area contributed by atoms with Crippen LogP contribution >= 0.6 is 11.6 Å². The molecule has 202 valence electrons. The van der Waals surface area contributed by atoms with E-state index in [1.807, 2.05) is 31.2 Å². The van der Waals surface area contributed by atoms with Gasteiger partial charge in [-0.25, -0.2) is 0 Å². The SMILES string of the molecule is CCOc1ccc(Cl)c(/C(O)=C2\C(=O)C(=O)N(c3ccc4c(c3)OCCO4)C2c2ccc(C(C)(C)C)cc2)c1. The maximum atomic E-state index is 13.6. The summed E-state index contributed by atoms with van der Waals surface area (Å²) < 4.78 is 17.0. The zero-order valence-electron chi connectivity index (χ0n) is 22.3. The van der Waals surface area contributed by atoms with Gasteiger partial charge in [-0.2, -0.15) is 0 Å². The quantitative estimate of drug-likeness (QED) is 0.225. The molecular formula is C31H30ClNO6. The van der Waals surface area contributed by atoms with Crippen LogP contribution in [0.1, 0.15) is 50.4 Å². The van der Waals surface area contributed by atoms with E-state index in [4.69, 9.17) is 25.8 Å². The number of benzene rings is 3. The van der Waals surface area contributed by atoms with Gasteiger partial charge in [-0.15, -0.1) is 0 Å². The summed E-state index contributed by atoms with van der Waals surface area (Å²) in [6, 6.07) is 16.7. The zero-order valence-corrected chi connectivity index (χ0v) is 23.0. The Bertz CT molecular complexity index is 1470. The molecule has 1 N–H and O–H groups in total. The summed E-state index contributed by atoms with van der Waals surface area (Å²) in [6.07, 6.45) is 0. The molecule has 39 heavy (non-hydrogen) atoms. The smallest absolute Gasteiger partial charge is 0.300 e. The second-order valence-electron chi connectivity index (χ2n) is 10.4. The number of nitrogens with zero attached hydrogens (tertiary/aromatic N) is 1. The molecule has 1 saturated heterocycles. The lowest BCUT2D eigenvalue weighted by atomic mass is 9.85. The topological polar surface area (TPSA) is 85.3 Å². The third kappa shape index (κ3) is 4.94. The number of anilines is 1. The average Bonchev–Trinajstić information content (AvgIpc) is 3.19. The van der Waals surface area contributed by atoms with Crippen LogP contribution in [-0.4, -0.2) is 36.6 Å². The first-order chi connectivity index (χ1) is 18.6. The van der Waals surface area contributed by atoms with Crippen LogP contribution in [0.15, 0.2) is 66.2 Å². The Balaban J connectivity index is 1.70. The molecule has 0 aromatic heterocycles. The molecule has 5 rings (SSSR count). The van der Waals surface area contributed by atoms with Gasteiger partial charge in [0.25, 0.3) is 11.7 Å². The number of ether oxygens (including phenoxy) is 3. The number of hydrogen-bond donors (Lipinski definition) is 1. The molecule has 8 heteroatoms. The molecular weight excluding hydrogens is 518 g/mol. The van der Waals surface area contributed by atoms with Crippen LogP contribution in [0, 0.1) is 0 Å². The lowest BCUT2D eigenvalue weighted by molar-refractivity contribution is -0.132. The number of fused-ring (bicyclic) bond motifs is 1. The molecule has 3 aromatic rings. The number of halogens is 1. The van der Waals surface area contributed by atoms with E-state index in [0.717, 1.165) is 5.56 Å². The summed E-state index contributed by atoms with van der Waals surface area (Å²) in [5.41, 5.74) is 2.25. The molecule has 7 nitrogen and oxygen atoms in total. The molecule has 2 aliphatic rings. The molecule has 2 heterocycles. The third-order valence-corrected chi connectivity index (χ3v) is 7.17. The summed E-state index contributed by atoms with van der Waals surface area (Å²) in [5, 5.41) is 11.8. The summed E-state index contributed by atoms with van der Waals surface area (Å²) in [7, 11) is 0. The molecule has 0 spiro atoms. The van der Waals surface area contributed by atoms with Gasteiger partial charge in [0.05, 0.1) is 23.2 Å². The molecule has 0 bridgehead atoms. The molecule has 0 radical (unpaired) electrons. The number of hydrogen-bond acceptors (Lipinski definition) is 6. The molecule has 1 amide bonds. The maximum Gasteiger partial charge on any atom is 0.300 e. The number of amides is 1. The molecule has 0 saturated carbocycles. The first kappa shape index (κ1) is 26.6. The molecule has 0 aliphatic carbocycles. The van der Waals surface area contributed by atoms with E-state index in [-0.39, 0.29) is 27.3 Å². The van der Waals surface area contributed by atoms with E-state index in [0.29, 0.717) is 48.3 Å². The molecule has 1 fully saturated rings. The number of Topliss-reactive ketones (excluding diaryl/α,β-unsaturated/α-hetero) is 1. The maximum absolute atomic E-state index is 13.6. The number of aliphatic hydroxyl groups is 1. The van der Waals surface area contributed by atoms with Crippen molar-refractivity contribution in [3.63, 3.8) is 0 Å². The van der Waals surface area contributed by atoms with Crippen LogP contribution < -0.4 is 19.1 Å². The van der Waals surface area contributed by atoms with Crippen molar-refractivity contribution in [2.45, 2.75) is 39.2 Å². The van der Waals surface area contributed by atoms with Crippen LogP contribution in [0.3, 0.4) is 0 Å². The number of carbonyl (C=O) groups excluding carboxylic acids is 2. The normalized spacial score (nSPS) is 18.4. The van der Waals surface area contributed by atoms with Crippen LogP contribution in [-0.2, 0) is 15.0 Å². The highest BCUT2D eigenvalue weighted by atomic mass is 35.5. The van der Waals surface area contributed by atoms with E-state index < -0.39 is 17.7 Å². The van der Waals surface area contributed by atoms with Crippen LogP contribution in [0.25, 0.3) is 5.76 Å². The fourth-order valence-corrected chi connectivity index (χ4v) is 5.06. The van der Waals surface area contributed by atoms with Gasteiger partial charge < -0.3 is 19.3 Å². The number of ketones is 1. The van der Waals surface area contributed by atoms with Gasteiger partial charge in [0, 0.05) is 17.3 Å². The zero-order chi connectivity index (χ0) is 27.9. The predicted octanol–water partition coefficient (Wildman–Crippen LogP) is 6.43. The molecule has 2 aliphatic heterocycles. The Hall–Kier alpha value is -3.97. The minimum atomic E-state index is -0.909. The van der Waals surface area contributed by atoms with Gasteiger partial charge in [0.1, 0.15) is 24.7 Å². The highest BCUT2D eigenvalue weighted by molar-refractivity contribution is 6.52. The van der Waals surface area contributed by atoms with E-state index in [1.54, 1.807) is 36.4 Å². The fourth-order valence-electron chi connectivity index (χ4n) is 4.85. The van der Waals surface area contributed by atoms with Gasteiger partial charge in [0.2, 0.25) is 0 Å². The van der Waals surface area contributed by atoms with Crippen LogP contribution in [0.5, 0.6) is 17.2 Å². The molecule has 3 aromatic carbocycles. The lowest BCUT2D eigenvalue weighted by Gasteiger charge is -2.28. The average molecular weight is 548 g/mol. The van der Waals surface area contributed by atoms with Crippen molar-refractivity contribution >= 4 is 34.7 Å². The van der Waals surface area contributed by atoms with Gasteiger partial charge in [-0.1, -0.05) is 56.6 Å². The summed E-state index contributed by atoms with van der Waals surface area (Å²) in [4.78, 5) is 28.6. The van der Waals surface area contributed by atoms with E-state index >= 15 is 0 Å². The number of rotatable bonds is 5. The Morgan fingerprint density at radius 2 is 1.69 bits per heavy atom. The van der Waals surface area contributed by atoms with Crippen molar-refractivity contribution in [2.75, 3.05) is 24.7 Å². The van der Waals surface area contributed by atoms with E-state index in [9.17, 15) is 14.7 Å². The van der Waals surface area contributed by atoms with E-state index in [2.05, 4.69) is 20.8 Å². The van der Waals surface area contributed by atoms with Gasteiger partial charge >= 0.3 is 0 Å². The second-order valence-corrected chi connectivity index (χ2v) is 10.9. The Morgan fingerprint density at radius 3 is 2.36 bits per heavy atom. The lowest BCUT2D eigenvalue weighted by Crippen LogP contribution is -2.29. The summed E-state index contributed by atoms with van der Waals surface area (Å²) >= 11 is 6.46. The molecule has 1 atom stereocenters. The highest BCUT2D eigenvalue weighted by Gasteiger charge is 2.47. The standard InChI is InChI=1S/C31H30ClNO6/c1-5-37-21-11-12-23(32)22(17-21)28(34)26-27(18-6-8-19(9-7-18)31(2,3)4)33(30(36)29(26)35)20-10-13-24-25(16-20)39-15-14-38-24/h6-13,16-17,27,34H,5,14-15H2,1-4H3/b28-26+. The Kier molecular flexibility index (Phi) is 7.03.